The predicted octanol–water partition coefficient (Wildman–Crippen LogP) is 3.52. The van der Waals surface area contributed by atoms with Crippen LogP contribution in [0.2, 0.25) is 0 Å². The summed E-state index contributed by atoms with van der Waals surface area (Å²) in [4.78, 5) is 36.9. The summed E-state index contributed by atoms with van der Waals surface area (Å²) in [5, 5.41) is 5.70. The van der Waals surface area contributed by atoms with Crippen LogP contribution in [-0.2, 0) is 23.9 Å². The van der Waals surface area contributed by atoms with Crippen molar-refractivity contribution < 1.29 is 23.9 Å². The van der Waals surface area contributed by atoms with E-state index in [1.165, 1.54) is 0 Å². The van der Waals surface area contributed by atoms with Gasteiger partial charge in [0.2, 0.25) is 11.7 Å². The highest BCUT2D eigenvalue weighted by molar-refractivity contribution is 6.20. The third-order valence-electron chi connectivity index (χ3n) is 4.62. The first kappa shape index (κ1) is 21.1. The van der Waals surface area contributed by atoms with E-state index in [1.807, 2.05) is 45.0 Å². The molecule has 1 aliphatic rings. The van der Waals surface area contributed by atoms with E-state index in [1.54, 1.807) is 24.3 Å². The number of Topliss-reactive ketones (excluding diaryl/α,β-unsaturated/α-hetero) is 1. The fraction of sp³-hybridized carbons (Fsp3) is 0.261. The van der Waals surface area contributed by atoms with Crippen molar-refractivity contribution in [3.05, 3.63) is 71.1 Å². The second-order valence-electron chi connectivity index (χ2n) is 7.23. The normalized spacial score (nSPS) is 13.3. The van der Waals surface area contributed by atoms with Crippen molar-refractivity contribution in [3.63, 3.8) is 0 Å². The zero-order chi connectivity index (χ0) is 21.7. The van der Waals surface area contributed by atoms with Gasteiger partial charge in [0.05, 0.1) is 0 Å². The Kier molecular flexibility index (Phi) is 6.51. The molecule has 1 amide bonds. The Morgan fingerprint density at radius 3 is 2.53 bits per heavy atom. The monoisotopic (exact) mass is 408 g/mol. The summed E-state index contributed by atoms with van der Waals surface area (Å²) < 4.78 is 10.4. The highest BCUT2D eigenvalue weighted by atomic mass is 16.5. The van der Waals surface area contributed by atoms with Crippen LogP contribution in [0.1, 0.15) is 30.9 Å². The van der Waals surface area contributed by atoms with Gasteiger partial charge in [-0.15, -0.1) is 0 Å². The lowest BCUT2D eigenvalue weighted by Gasteiger charge is -2.16. The number of rotatable bonds is 7. The van der Waals surface area contributed by atoms with Crippen LogP contribution in [-0.4, -0.2) is 30.9 Å². The van der Waals surface area contributed by atoms with Gasteiger partial charge in [0, 0.05) is 11.4 Å². The van der Waals surface area contributed by atoms with Gasteiger partial charge in [0.25, 0.3) is 5.91 Å². The Morgan fingerprint density at radius 2 is 1.83 bits per heavy atom. The molecule has 156 valence electrons. The molecule has 0 radical (unpaired) electrons. The number of benzene rings is 2. The molecule has 0 atom stereocenters. The number of ether oxygens (including phenoxy) is 2. The number of hydrogen-bond donors (Lipinski definition) is 2. The van der Waals surface area contributed by atoms with Crippen molar-refractivity contribution in [2.45, 2.75) is 26.7 Å². The number of para-hydroxylation sites is 2. The maximum atomic E-state index is 12.5. The van der Waals surface area contributed by atoms with Crippen molar-refractivity contribution >= 4 is 29.0 Å². The zero-order valence-electron chi connectivity index (χ0n) is 17.2. The molecule has 0 bridgehead atoms. The Bertz CT molecular complexity index is 996. The highest BCUT2D eigenvalue weighted by Crippen LogP contribution is 2.27. The lowest BCUT2D eigenvalue weighted by Crippen LogP contribution is -2.24. The minimum atomic E-state index is -0.903. The molecule has 2 N–H and O–H groups in total. The van der Waals surface area contributed by atoms with Gasteiger partial charge in [-0.3, -0.25) is 9.59 Å². The Hall–Kier alpha value is -3.61. The summed E-state index contributed by atoms with van der Waals surface area (Å²) in [5.74, 6) is -1.64. The Balaban J connectivity index is 1.67. The molecule has 7 heteroatoms. The summed E-state index contributed by atoms with van der Waals surface area (Å²) in [6.07, 6.45) is 0. The zero-order valence-corrected chi connectivity index (χ0v) is 17.2. The summed E-state index contributed by atoms with van der Waals surface area (Å²) >= 11 is 0. The first-order valence-corrected chi connectivity index (χ1v) is 9.65. The molecular formula is C23H24N2O5. The number of esters is 1. The van der Waals surface area contributed by atoms with Crippen molar-refractivity contribution in [1.29, 1.82) is 0 Å². The minimum absolute atomic E-state index is 0.0256. The van der Waals surface area contributed by atoms with E-state index in [-0.39, 0.29) is 24.0 Å². The molecule has 2 aromatic carbocycles. The maximum Gasteiger partial charge on any atom is 0.347 e. The van der Waals surface area contributed by atoms with Crippen LogP contribution >= 0.6 is 0 Å². The Labute approximate surface area is 175 Å². The van der Waals surface area contributed by atoms with E-state index in [0.29, 0.717) is 11.4 Å². The molecular weight excluding hydrogens is 384 g/mol. The van der Waals surface area contributed by atoms with Crippen molar-refractivity contribution in [2.24, 2.45) is 0 Å². The molecule has 0 unspecified atom stereocenters. The predicted molar refractivity (Wildman–Crippen MR) is 113 cm³/mol. The molecule has 0 aliphatic carbocycles. The van der Waals surface area contributed by atoms with Gasteiger partial charge >= 0.3 is 5.97 Å². The van der Waals surface area contributed by atoms with Gasteiger partial charge in [-0.25, -0.2) is 4.79 Å². The summed E-state index contributed by atoms with van der Waals surface area (Å²) in [7, 11) is 0. The third-order valence-corrected chi connectivity index (χ3v) is 4.62. The number of anilines is 2. The number of carbonyl (C=O) groups is 3. The smallest absolute Gasteiger partial charge is 0.347 e. The van der Waals surface area contributed by atoms with Gasteiger partial charge < -0.3 is 20.1 Å². The van der Waals surface area contributed by atoms with E-state index >= 15 is 0 Å². The van der Waals surface area contributed by atoms with Crippen LogP contribution < -0.4 is 10.6 Å². The van der Waals surface area contributed by atoms with Gasteiger partial charge in [-0.1, -0.05) is 50.2 Å². The van der Waals surface area contributed by atoms with E-state index in [2.05, 4.69) is 10.6 Å². The molecule has 0 saturated heterocycles. The second kappa shape index (κ2) is 9.26. The number of ketones is 1. The number of nitrogens with one attached hydrogen (secondary N) is 2. The molecule has 0 fully saturated rings. The average Bonchev–Trinajstić information content (AvgIpc) is 3.08. The lowest BCUT2D eigenvalue weighted by molar-refractivity contribution is -0.144. The van der Waals surface area contributed by atoms with Crippen molar-refractivity contribution in [2.75, 3.05) is 23.8 Å². The molecule has 2 aromatic rings. The number of aryl methyl sites for hydroxylation is 1. The van der Waals surface area contributed by atoms with Gasteiger partial charge in [0.15, 0.2) is 18.8 Å². The summed E-state index contributed by atoms with van der Waals surface area (Å²) in [5.41, 5.74) is 3.04. The highest BCUT2D eigenvalue weighted by Gasteiger charge is 2.33. The number of carbonyl (C=O) groups excluding carboxylic acids is 3. The molecule has 30 heavy (non-hydrogen) atoms. The molecule has 0 spiro atoms. The fourth-order valence-electron chi connectivity index (χ4n) is 3.09. The van der Waals surface area contributed by atoms with Gasteiger partial charge in [0.1, 0.15) is 0 Å². The Morgan fingerprint density at radius 1 is 1.10 bits per heavy atom. The minimum Gasteiger partial charge on any atom is -0.470 e. The fourth-order valence-corrected chi connectivity index (χ4v) is 3.09. The quantitative estimate of drug-likeness (QED) is 0.538. The first-order chi connectivity index (χ1) is 14.4. The van der Waals surface area contributed by atoms with Crippen LogP contribution in [0.25, 0.3) is 0 Å². The van der Waals surface area contributed by atoms with Crippen LogP contribution in [0, 0.1) is 6.92 Å². The lowest BCUT2D eigenvalue weighted by atomic mass is 9.98. The standard InChI is InChI=1S/C23H24N2O5/c1-14(2)17-11-7-8-15(3)21(17)25-19(27)13-30-23(28)20-18(26)12-29-22(20)24-16-9-5-4-6-10-16/h4-11,14,24H,12-13H2,1-3H3,(H,25,27). The molecule has 0 saturated carbocycles. The van der Waals surface area contributed by atoms with E-state index in [4.69, 9.17) is 9.47 Å². The van der Waals surface area contributed by atoms with Crippen LogP contribution in [0.15, 0.2) is 60.0 Å². The first-order valence-electron chi connectivity index (χ1n) is 9.65. The largest absolute Gasteiger partial charge is 0.470 e. The third kappa shape index (κ3) is 4.86. The SMILES string of the molecule is Cc1cccc(C(C)C)c1NC(=O)COC(=O)C1=C(Nc2ccccc2)OCC1=O. The molecule has 1 heterocycles. The van der Waals surface area contributed by atoms with Gasteiger partial charge in [-0.05, 0) is 36.1 Å². The van der Waals surface area contributed by atoms with Crippen LogP contribution in [0.5, 0.6) is 0 Å². The average molecular weight is 408 g/mol. The van der Waals surface area contributed by atoms with E-state index < -0.39 is 24.3 Å². The van der Waals surface area contributed by atoms with Crippen molar-refractivity contribution in [1.82, 2.24) is 0 Å². The molecule has 1 aliphatic heterocycles. The number of hydrogen-bond acceptors (Lipinski definition) is 6. The molecule has 3 rings (SSSR count). The maximum absolute atomic E-state index is 12.5. The van der Waals surface area contributed by atoms with E-state index in [9.17, 15) is 14.4 Å². The second-order valence-corrected chi connectivity index (χ2v) is 7.23. The molecule has 0 aromatic heterocycles. The van der Waals surface area contributed by atoms with Crippen molar-refractivity contribution in [3.8, 4) is 0 Å². The summed E-state index contributed by atoms with van der Waals surface area (Å²) in [6.45, 7) is 5.19. The van der Waals surface area contributed by atoms with Crippen LogP contribution in [0.3, 0.4) is 0 Å². The molecule has 7 nitrogen and oxygen atoms in total. The van der Waals surface area contributed by atoms with Gasteiger partial charge in [-0.2, -0.15) is 0 Å². The van der Waals surface area contributed by atoms with E-state index in [0.717, 1.165) is 11.1 Å². The summed E-state index contributed by atoms with van der Waals surface area (Å²) in [6, 6.07) is 14.8. The van der Waals surface area contributed by atoms with Crippen LogP contribution in [0.4, 0.5) is 11.4 Å². The number of amides is 1. The topological polar surface area (TPSA) is 93.7 Å².